The van der Waals surface area contributed by atoms with Crippen LogP contribution < -0.4 is 4.90 Å². The van der Waals surface area contributed by atoms with Crippen LogP contribution in [-0.2, 0) is 16.2 Å². The number of nitrogens with zero attached hydrogens (tertiary/aromatic N) is 1. The molecular formula is C61H51N. The van der Waals surface area contributed by atoms with Gasteiger partial charge in [-0.2, -0.15) is 0 Å². The zero-order valence-corrected chi connectivity index (χ0v) is 36.6. The van der Waals surface area contributed by atoms with E-state index in [4.69, 9.17) is 0 Å². The van der Waals surface area contributed by atoms with E-state index in [1.807, 2.05) is 0 Å². The summed E-state index contributed by atoms with van der Waals surface area (Å²) in [6.45, 7) is 14.3. The number of allylic oxidation sites excluding steroid dienone is 4. The van der Waals surface area contributed by atoms with Crippen LogP contribution in [0, 0.1) is 5.92 Å². The van der Waals surface area contributed by atoms with E-state index in [1.165, 1.54) is 106 Å². The van der Waals surface area contributed by atoms with Gasteiger partial charge in [0.1, 0.15) is 0 Å². The van der Waals surface area contributed by atoms with E-state index in [1.54, 1.807) is 0 Å². The van der Waals surface area contributed by atoms with Gasteiger partial charge in [-0.15, -0.1) is 0 Å². The molecule has 8 aromatic rings. The van der Waals surface area contributed by atoms with Gasteiger partial charge in [0.15, 0.2) is 0 Å². The topological polar surface area (TPSA) is 3.24 Å². The normalized spacial score (nSPS) is 17.7. The van der Waals surface area contributed by atoms with Crippen LogP contribution in [0.4, 0.5) is 17.1 Å². The molecule has 0 amide bonds. The van der Waals surface area contributed by atoms with E-state index in [-0.39, 0.29) is 16.2 Å². The molecule has 0 radical (unpaired) electrons. The number of rotatable bonds is 5. The van der Waals surface area contributed by atoms with Crippen LogP contribution in [0.15, 0.2) is 182 Å². The van der Waals surface area contributed by atoms with Crippen LogP contribution >= 0.6 is 0 Å². The Bertz CT molecular complexity index is 3220. The van der Waals surface area contributed by atoms with Crippen LogP contribution in [0.25, 0.3) is 60.9 Å². The van der Waals surface area contributed by atoms with Crippen LogP contribution in [0.5, 0.6) is 0 Å². The van der Waals surface area contributed by atoms with Gasteiger partial charge in [-0.05, 0) is 154 Å². The average molecular weight is 798 g/mol. The van der Waals surface area contributed by atoms with Crippen molar-refractivity contribution in [2.45, 2.75) is 64.2 Å². The van der Waals surface area contributed by atoms with Crippen LogP contribution in [-0.4, -0.2) is 0 Å². The Morgan fingerprint density at radius 3 is 1.73 bits per heavy atom. The molecule has 62 heavy (non-hydrogen) atoms. The minimum atomic E-state index is -0.0650. The van der Waals surface area contributed by atoms with Crippen molar-refractivity contribution in [2.24, 2.45) is 5.92 Å². The summed E-state index contributed by atoms with van der Waals surface area (Å²) in [6, 6.07) is 62.2. The summed E-state index contributed by atoms with van der Waals surface area (Å²) in [6.07, 6.45) is 8.03. The third-order valence-corrected chi connectivity index (χ3v) is 15.3. The second-order valence-electron chi connectivity index (χ2n) is 19.7. The molecule has 0 saturated carbocycles. The van der Waals surface area contributed by atoms with E-state index in [9.17, 15) is 0 Å². The number of fused-ring (bicyclic) bond motifs is 10. The fourth-order valence-electron chi connectivity index (χ4n) is 12.0. The summed E-state index contributed by atoms with van der Waals surface area (Å²) in [7, 11) is 0. The molecule has 0 aromatic heterocycles. The van der Waals surface area contributed by atoms with Crippen molar-refractivity contribution in [3.8, 4) is 44.5 Å². The highest BCUT2D eigenvalue weighted by atomic mass is 15.1. The number of benzene rings is 8. The van der Waals surface area contributed by atoms with E-state index < -0.39 is 0 Å². The molecule has 1 heteroatoms. The van der Waals surface area contributed by atoms with Crippen molar-refractivity contribution >= 4 is 33.4 Å². The molecule has 1 atom stereocenters. The molecule has 12 rings (SSSR count). The van der Waals surface area contributed by atoms with Crippen molar-refractivity contribution < 1.29 is 0 Å². The minimum Gasteiger partial charge on any atom is -0.310 e. The summed E-state index contributed by atoms with van der Waals surface area (Å²) in [4.78, 5) is 2.47. The number of anilines is 3. The lowest BCUT2D eigenvalue weighted by atomic mass is 9.75. The monoisotopic (exact) mass is 797 g/mol. The molecule has 300 valence electrons. The quantitative estimate of drug-likeness (QED) is 0.168. The Kier molecular flexibility index (Phi) is 7.87. The van der Waals surface area contributed by atoms with Crippen LogP contribution in [0.1, 0.15) is 81.3 Å². The highest BCUT2D eigenvalue weighted by molar-refractivity contribution is 6.08. The summed E-state index contributed by atoms with van der Waals surface area (Å²) < 4.78 is 0. The standard InChI is InChI=1S/C61H51N/c1-59(2)51-20-12-9-17-46(51)49-36-43(31-33-54(49)59)62(44-32-34-55-50(37-44)47-18-10-13-21-52(47)60(55,3)4)42-29-27-39(28-30-42)38-23-25-40(26-24-38)57-45-16-8-7-15-41(45)35-56-58(57)48-19-11-14-22-53(48)61(56,5)6/h7-20,22-37,52H,21H2,1-6H3. The zero-order valence-electron chi connectivity index (χ0n) is 36.6. The maximum Gasteiger partial charge on any atom is 0.0468 e. The molecule has 0 heterocycles. The highest BCUT2D eigenvalue weighted by Gasteiger charge is 2.43. The van der Waals surface area contributed by atoms with Gasteiger partial charge in [0, 0.05) is 27.9 Å². The maximum absolute atomic E-state index is 2.47. The molecule has 1 nitrogen and oxygen atoms in total. The molecule has 0 fully saturated rings. The lowest BCUT2D eigenvalue weighted by Crippen LogP contribution is -2.23. The minimum absolute atomic E-state index is 0.0453. The summed E-state index contributed by atoms with van der Waals surface area (Å²) in [5.41, 5.74) is 23.8. The predicted octanol–water partition coefficient (Wildman–Crippen LogP) is 16.5. The van der Waals surface area contributed by atoms with Crippen molar-refractivity contribution in [3.63, 3.8) is 0 Å². The maximum atomic E-state index is 2.47. The van der Waals surface area contributed by atoms with Crippen molar-refractivity contribution in [1.29, 1.82) is 0 Å². The number of hydrogen-bond donors (Lipinski definition) is 0. The van der Waals surface area contributed by atoms with Gasteiger partial charge in [0.25, 0.3) is 0 Å². The molecule has 4 aliphatic rings. The fourth-order valence-corrected chi connectivity index (χ4v) is 12.0. The molecule has 0 saturated heterocycles. The van der Waals surface area contributed by atoms with Gasteiger partial charge in [-0.3, -0.25) is 0 Å². The van der Waals surface area contributed by atoms with E-state index >= 15 is 0 Å². The summed E-state index contributed by atoms with van der Waals surface area (Å²) in [5.74, 6) is 0.500. The van der Waals surface area contributed by atoms with Gasteiger partial charge < -0.3 is 4.90 Å². The first-order valence-corrected chi connectivity index (χ1v) is 22.4. The molecule has 1 unspecified atom stereocenters. The van der Waals surface area contributed by atoms with Gasteiger partial charge >= 0.3 is 0 Å². The molecule has 0 bridgehead atoms. The first kappa shape index (κ1) is 37.1. The first-order valence-electron chi connectivity index (χ1n) is 22.4. The highest BCUT2D eigenvalue weighted by Crippen LogP contribution is 2.56. The van der Waals surface area contributed by atoms with Crippen molar-refractivity contribution in [1.82, 2.24) is 0 Å². The Morgan fingerprint density at radius 2 is 0.984 bits per heavy atom. The molecule has 8 aromatic carbocycles. The first-order chi connectivity index (χ1) is 30.0. The van der Waals surface area contributed by atoms with Crippen molar-refractivity contribution in [2.75, 3.05) is 4.90 Å². The number of hydrogen-bond acceptors (Lipinski definition) is 1. The van der Waals surface area contributed by atoms with E-state index in [0.717, 1.165) is 12.1 Å². The van der Waals surface area contributed by atoms with Crippen LogP contribution in [0.2, 0.25) is 0 Å². The predicted molar refractivity (Wildman–Crippen MR) is 263 cm³/mol. The Morgan fingerprint density at radius 1 is 0.435 bits per heavy atom. The van der Waals surface area contributed by atoms with E-state index in [0.29, 0.717) is 5.92 Å². The second kappa shape index (κ2) is 13.2. The molecular weight excluding hydrogens is 747 g/mol. The Hall–Kier alpha value is -6.70. The third-order valence-electron chi connectivity index (χ3n) is 15.3. The van der Waals surface area contributed by atoms with E-state index in [2.05, 4.69) is 228 Å². The lowest BCUT2D eigenvalue weighted by Gasteiger charge is -2.29. The zero-order chi connectivity index (χ0) is 42.1. The SMILES string of the molecule is CC1(C)c2ccccc2-c2cc(N(c3ccc(-c4ccc(-c5c6c(cc7ccccc57)C(C)(C)c5ccccc5-6)cc4)cc3)c3ccc4c(c3)C3=CC=CCC3C4(C)C)ccc21. The van der Waals surface area contributed by atoms with Gasteiger partial charge in [0.05, 0.1) is 0 Å². The summed E-state index contributed by atoms with van der Waals surface area (Å²) >= 11 is 0. The Labute approximate surface area is 366 Å². The lowest BCUT2D eigenvalue weighted by molar-refractivity contribution is 0.414. The van der Waals surface area contributed by atoms with Gasteiger partial charge in [-0.25, -0.2) is 0 Å². The second-order valence-corrected chi connectivity index (χ2v) is 19.7. The molecule has 0 spiro atoms. The Balaban J connectivity index is 0.956. The molecule has 4 aliphatic carbocycles. The smallest absolute Gasteiger partial charge is 0.0468 e. The van der Waals surface area contributed by atoms with Crippen molar-refractivity contribution in [3.05, 3.63) is 215 Å². The summed E-state index contributed by atoms with van der Waals surface area (Å²) in [5, 5.41) is 2.60. The van der Waals surface area contributed by atoms with Gasteiger partial charge in [-0.1, -0.05) is 181 Å². The molecule has 0 aliphatic heterocycles. The molecule has 0 N–H and O–H groups in total. The fraction of sp³-hybridized carbons (Fsp3) is 0.180. The third kappa shape index (κ3) is 5.21. The average Bonchev–Trinajstić information content (AvgIpc) is 3.78. The van der Waals surface area contributed by atoms with Gasteiger partial charge in [0.2, 0.25) is 0 Å². The van der Waals surface area contributed by atoms with Crippen LogP contribution in [0.3, 0.4) is 0 Å². The largest absolute Gasteiger partial charge is 0.310 e.